The standard InChI is InChI=1S/C27H25ClF3N5O3/c1-16(27(29,30)31)35(13-17-3-6-21(28)7-4-17)23(37)15-36-24(38)26(33-25(36)39)10-9-19-11-18(5-8-22(19)26)20-12-32-34(2)14-20/h3-8,11-12,14,16H,9-10,13,15H2,1-2H3,(H,33,39)/t16-,26-/m0/s1. The van der Waals surface area contributed by atoms with Crippen molar-refractivity contribution in [1.29, 1.82) is 0 Å². The summed E-state index contributed by atoms with van der Waals surface area (Å²) in [5.74, 6) is -1.65. The molecule has 5 rings (SSSR count). The van der Waals surface area contributed by atoms with Gasteiger partial charge in [-0.1, -0.05) is 41.9 Å². The number of aryl methyl sites for hydroxylation is 2. The normalized spacial score (nSPS) is 19.4. The molecule has 0 unspecified atom stereocenters. The fraction of sp³-hybridized carbons (Fsp3) is 0.333. The summed E-state index contributed by atoms with van der Waals surface area (Å²) >= 11 is 5.87. The third kappa shape index (κ3) is 4.87. The Bertz CT molecular complexity index is 1460. The van der Waals surface area contributed by atoms with E-state index in [0.29, 0.717) is 32.4 Å². The molecule has 0 saturated carbocycles. The second-order valence-corrected chi connectivity index (χ2v) is 10.3. The molecule has 1 aromatic heterocycles. The minimum Gasteiger partial charge on any atom is -0.325 e. The Labute approximate surface area is 227 Å². The maximum absolute atomic E-state index is 13.7. The average molecular weight is 560 g/mol. The lowest BCUT2D eigenvalue weighted by Crippen LogP contribution is -2.51. The number of alkyl halides is 3. The van der Waals surface area contributed by atoms with Crippen molar-refractivity contribution in [1.82, 2.24) is 24.9 Å². The number of carbonyl (C=O) groups excluding carboxylic acids is 3. The van der Waals surface area contributed by atoms with E-state index in [1.165, 1.54) is 24.3 Å². The maximum Gasteiger partial charge on any atom is 0.408 e. The topological polar surface area (TPSA) is 87.5 Å². The van der Waals surface area contributed by atoms with Crippen molar-refractivity contribution in [3.63, 3.8) is 0 Å². The molecule has 1 fully saturated rings. The number of hydrogen-bond donors (Lipinski definition) is 1. The van der Waals surface area contributed by atoms with Crippen LogP contribution in [0.1, 0.15) is 30.0 Å². The van der Waals surface area contributed by atoms with E-state index in [4.69, 9.17) is 11.6 Å². The van der Waals surface area contributed by atoms with Crippen molar-refractivity contribution in [2.75, 3.05) is 6.54 Å². The van der Waals surface area contributed by atoms with Crippen molar-refractivity contribution in [3.05, 3.63) is 76.6 Å². The van der Waals surface area contributed by atoms with Crippen LogP contribution in [0.4, 0.5) is 18.0 Å². The van der Waals surface area contributed by atoms with Crippen LogP contribution >= 0.6 is 11.6 Å². The number of fused-ring (bicyclic) bond motifs is 2. The highest BCUT2D eigenvalue weighted by atomic mass is 35.5. The lowest BCUT2D eigenvalue weighted by atomic mass is 9.90. The van der Waals surface area contributed by atoms with Gasteiger partial charge in [0.25, 0.3) is 5.91 Å². The molecule has 0 radical (unpaired) electrons. The van der Waals surface area contributed by atoms with Crippen LogP contribution in [-0.4, -0.2) is 56.2 Å². The third-order valence-electron chi connectivity index (χ3n) is 7.37. The number of carbonyl (C=O) groups is 3. The van der Waals surface area contributed by atoms with Crippen LogP contribution in [0.15, 0.2) is 54.9 Å². The van der Waals surface area contributed by atoms with Crippen LogP contribution in [0.2, 0.25) is 5.02 Å². The number of imide groups is 1. The van der Waals surface area contributed by atoms with Gasteiger partial charge in [0.2, 0.25) is 5.91 Å². The fourth-order valence-electron chi connectivity index (χ4n) is 5.18. The largest absolute Gasteiger partial charge is 0.408 e. The molecule has 39 heavy (non-hydrogen) atoms. The Morgan fingerprint density at radius 1 is 1.18 bits per heavy atom. The van der Waals surface area contributed by atoms with E-state index in [2.05, 4.69) is 10.4 Å². The van der Waals surface area contributed by atoms with Gasteiger partial charge in [0.15, 0.2) is 0 Å². The van der Waals surface area contributed by atoms with Crippen molar-refractivity contribution in [2.24, 2.45) is 7.05 Å². The molecule has 4 amide bonds. The molecule has 1 aliphatic carbocycles. The number of aromatic nitrogens is 2. The summed E-state index contributed by atoms with van der Waals surface area (Å²) < 4.78 is 42.7. The maximum atomic E-state index is 13.7. The third-order valence-corrected chi connectivity index (χ3v) is 7.62. The predicted molar refractivity (Wildman–Crippen MR) is 136 cm³/mol. The van der Waals surface area contributed by atoms with Crippen molar-refractivity contribution >= 4 is 29.4 Å². The second-order valence-electron chi connectivity index (χ2n) is 9.87. The molecule has 204 valence electrons. The van der Waals surface area contributed by atoms with E-state index in [0.717, 1.165) is 23.6 Å². The van der Waals surface area contributed by atoms with E-state index >= 15 is 0 Å². The number of nitrogens with one attached hydrogen (secondary N) is 1. The highest BCUT2D eigenvalue weighted by molar-refractivity contribution is 6.30. The molecule has 2 heterocycles. The van der Waals surface area contributed by atoms with Crippen LogP contribution in [0, 0.1) is 0 Å². The van der Waals surface area contributed by atoms with Gasteiger partial charge in [0.05, 0.1) is 6.20 Å². The average Bonchev–Trinajstić information content (AvgIpc) is 3.55. The molecule has 1 aliphatic heterocycles. The van der Waals surface area contributed by atoms with Crippen LogP contribution in [-0.2, 0) is 35.1 Å². The monoisotopic (exact) mass is 559 g/mol. The number of amides is 4. The van der Waals surface area contributed by atoms with Gasteiger partial charge in [-0.15, -0.1) is 0 Å². The molecule has 2 aliphatic rings. The highest BCUT2D eigenvalue weighted by Crippen LogP contribution is 2.43. The van der Waals surface area contributed by atoms with Gasteiger partial charge in [-0.3, -0.25) is 19.2 Å². The molecular formula is C27H25ClF3N5O3. The van der Waals surface area contributed by atoms with Crippen LogP contribution in [0.25, 0.3) is 11.1 Å². The van der Waals surface area contributed by atoms with E-state index < -0.39 is 42.1 Å². The Kier molecular flexibility index (Phi) is 6.66. The van der Waals surface area contributed by atoms with Crippen molar-refractivity contribution < 1.29 is 27.6 Å². The SMILES string of the molecule is C[C@H](N(Cc1ccc(Cl)cc1)C(=O)CN1C(=O)N[C@]2(CCc3cc(-c4cnn(C)c4)ccc32)C1=O)C(F)(F)F. The lowest BCUT2D eigenvalue weighted by molar-refractivity contribution is -0.187. The summed E-state index contributed by atoms with van der Waals surface area (Å²) in [7, 11) is 1.81. The first-order valence-electron chi connectivity index (χ1n) is 12.3. The van der Waals surface area contributed by atoms with Gasteiger partial charge in [0.1, 0.15) is 18.1 Å². The summed E-state index contributed by atoms with van der Waals surface area (Å²) in [6.07, 6.45) is -0.344. The van der Waals surface area contributed by atoms with E-state index in [-0.39, 0.29) is 13.0 Å². The van der Waals surface area contributed by atoms with Crippen LogP contribution < -0.4 is 5.32 Å². The molecular weight excluding hydrogens is 535 g/mol. The first-order chi connectivity index (χ1) is 18.4. The fourth-order valence-corrected chi connectivity index (χ4v) is 5.30. The minimum absolute atomic E-state index is 0.279. The summed E-state index contributed by atoms with van der Waals surface area (Å²) in [6.45, 7) is -0.316. The van der Waals surface area contributed by atoms with Crippen molar-refractivity contribution in [3.8, 4) is 11.1 Å². The highest BCUT2D eigenvalue weighted by Gasteiger charge is 2.56. The number of hydrogen-bond acceptors (Lipinski definition) is 4. The van der Waals surface area contributed by atoms with E-state index in [1.807, 2.05) is 18.3 Å². The number of benzene rings is 2. The summed E-state index contributed by atoms with van der Waals surface area (Å²) in [5, 5.41) is 7.29. The van der Waals surface area contributed by atoms with Gasteiger partial charge in [-0.05, 0) is 54.2 Å². The minimum atomic E-state index is -4.71. The summed E-state index contributed by atoms with van der Waals surface area (Å²) in [4.78, 5) is 41.1. The van der Waals surface area contributed by atoms with Gasteiger partial charge < -0.3 is 10.2 Å². The molecule has 1 saturated heterocycles. The van der Waals surface area contributed by atoms with Gasteiger partial charge in [0, 0.05) is 30.4 Å². The number of nitrogens with zero attached hydrogens (tertiary/aromatic N) is 4. The van der Waals surface area contributed by atoms with Crippen LogP contribution in [0.3, 0.4) is 0 Å². The molecule has 12 heteroatoms. The van der Waals surface area contributed by atoms with Gasteiger partial charge in [-0.25, -0.2) is 4.79 Å². The molecule has 3 aromatic rings. The molecule has 2 atom stereocenters. The zero-order valence-electron chi connectivity index (χ0n) is 21.1. The number of urea groups is 1. The van der Waals surface area contributed by atoms with Crippen molar-refractivity contribution in [2.45, 2.75) is 44.1 Å². The summed E-state index contributed by atoms with van der Waals surface area (Å²) in [5.41, 5.74) is 2.35. The second kappa shape index (κ2) is 9.71. The Hall–Kier alpha value is -3.86. The zero-order valence-corrected chi connectivity index (χ0v) is 21.9. The quantitative estimate of drug-likeness (QED) is 0.453. The Morgan fingerprint density at radius 2 is 1.90 bits per heavy atom. The van der Waals surface area contributed by atoms with E-state index in [1.54, 1.807) is 24.0 Å². The van der Waals surface area contributed by atoms with Crippen LogP contribution in [0.5, 0.6) is 0 Å². The smallest absolute Gasteiger partial charge is 0.325 e. The first-order valence-corrected chi connectivity index (χ1v) is 12.6. The number of halogens is 4. The molecule has 0 bridgehead atoms. The van der Waals surface area contributed by atoms with Gasteiger partial charge in [-0.2, -0.15) is 18.3 Å². The molecule has 1 spiro atoms. The number of rotatable bonds is 6. The first kappa shape index (κ1) is 26.7. The summed E-state index contributed by atoms with van der Waals surface area (Å²) in [6, 6.07) is 8.63. The zero-order chi connectivity index (χ0) is 28.1. The van der Waals surface area contributed by atoms with Gasteiger partial charge >= 0.3 is 12.2 Å². The predicted octanol–water partition coefficient (Wildman–Crippen LogP) is 4.41. The van der Waals surface area contributed by atoms with E-state index in [9.17, 15) is 27.6 Å². The lowest BCUT2D eigenvalue weighted by Gasteiger charge is -2.32. The molecule has 1 N–H and O–H groups in total. The molecule has 2 aromatic carbocycles. The Morgan fingerprint density at radius 3 is 2.54 bits per heavy atom. The Balaban J connectivity index is 1.39. The molecule has 8 nitrogen and oxygen atoms in total.